The largest absolute Gasteiger partial charge is 0.379 e. The molecule has 20 heavy (non-hydrogen) atoms. The predicted molar refractivity (Wildman–Crippen MR) is 87.2 cm³/mol. The molecule has 1 N–H and O–H groups in total. The molecule has 0 spiro atoms. The summed E-state index contributed by atoms with van der Waals surface area (Å²) in [5.41, 5.74) is 2.77. The minimum Gasteiger partial charge on any atom is -0.379 e. The van der Waals surface area contributed by atoms with Crippen LogP contribution >= 0.6 is 0 Å². The average Bonchev–Trinajstić information content (AvgIpc) is 2.48. The summed E-state index contributed by atoms with van der Waals surface area (Å²) in [5.74, 6) is 0. The van der Waals surface area contributed by atoms with E-state index in [9.17, 15) is 0 Å². The van der Waals surface area contributed by atoms with Gasteiger partial charge in [-0.1, -0.05) is 57.9 Å². The summed E-state index contributed by atoms with van der Waals surface area (Å²) in [6, 6.07) is 9.35. The molecule has 0 aliphatic heterocycles. The van der Waals surface area contributed by atoms with Crippen LogP contribution in [0.5, 0.6) is 0 Å². The van der Waals surface area contributed by atoms with E-state index in [1.54, 1.807) is 0 Å². The topological polar surface area (TPSA) is 21.3 Å². The highest BCUT2D eigenvalue weighted by Crippen LogP contribution is 2.23. The van der Waals surface area contributed by atoms with Crippen LogP contribution in [0.4, 0.5) is 0 Å². The third-order valence-electron chi connectivity index (χ3n) is 3.74. The van der Waals surface area contributed by atoms with E-state index in [1.165, 1.54) is 17.5 Å². The molecular weight excluding hydrogens is 246 g/mol. The molecule has 0 heterocycles. The molecule has 2 unspecified atom stereocenters. The second-order valence-corrected chi connectivity index (χ2v) is 5.49. The van der Waals surface area contributed by atoms with Gasteiger partial charge in [-0.25, -0.2) is 0 Å². The molecule has 1 aromatic rings. The van der Waals surface area contributed by atoms with Gasteiger partial charge in [0.1, 0.15) is 0 Å². The first-order chi connectivity index (χ1) is 9.76. The molecule has 0 aromatic heterocycles. The van der Waals surface area contributed by atoms with Crippen LogP contribution in [-0.2, 0) is 11.2 Å². The van der Waals surface area contributed by atoms with Crippen molar-refractivity contribution >= 4 is 0 Å². The molecule has 0 saturated heterocycles. The third kappa shape index (κ3) is 5.26. The highest BCUT2D eigenvalue weighted by atomic mass is 16.5. The SMILES string of the molecule is CCCNC(c1ccc(CCC)cc1)C(CCC)OC. The lowest BCUT2D eigenvalue weighted by molar-refractivity contribution is 0.0606. The monoisotopic (exact) mass is 277 g/mol. The fourth-order valence-corrected chi connectivity index (χ4v) is 2.65. The molecule has 0 amide bonds. The number of hydrogen-bond acceptors (Lipinski definition) is 2. The molecule has 2 nitrogen and oxygen atoms in total. The maximum atomic E-state index is 5.72. The van der Waals surface area contributed by atoms with E-state index in [1.807, 2.05) is 7.11 Å². The number of methoxy groups -OCH3 is 1. The molecular formula is C18H31NO. The van der Waals surface area contributed by atoms with Crippen molar-refractivity contribution in [2.75, 3.05) is 13.7 Å². The second kappa shape index (κ2) is 9.95. The molecule has 2 atom stereocenters. The Morgan fingerprint density at radius 2 is 1.70 bits per heavy atom. The van der Waals surface area contributed by atoms with Gasteiger partial charge in [-0.2, -0.15) is 0 Å². The quantitative estimate of drug-likeness (QED) is 0.680. The van der Waals surface area contributed by atoms with Crippen LogP contribution in [0.1, 0.15) is 63.6 Å². The Hall–Kier alpha value is -0.860. The molecule has 0 radical (unpaired) electrons. The van der Waals surface area contributed by atoms with Gasteiger partial charge in [-0.05, 0) is 36.9 Å². The zero-order valence-corrected chi connectivity index (χ0v) is 13.6. The van der Waals surface area contributed by atoms with E-state index in [0.717, 1.165) is 32.2 Å². The van der Waals surface area contributed by atoms with Crippen molar-refractivity contribution in [3.05, 3.63) is 35.4 Å². The van der Waals surface area contributed by atoms with E-state index in [2.05, 4.69) is 50.4 Å². The first kappa shape index (κ1) is 17.2. The number of aryl methyl sites for hydroxylation is 1. The third-order valence-corrected chi connectivity index (χ3v) is 3.74. The van der Waals surface area contributed by atoms with Gasteiger partial charge >= 0.3 is 0 Å². The molecule has 0 saturated carbocycles. The summed E-state index contributed by atoms with van der Waals surface area (Å²) >= 11 is 0. The standard InChI is InChI=1S/C18H31NO/c1-5-8-15-10-12-16(13-11-15)18(19-14-7-3)17(20-4)9-6-2/h10-13,17-19H,5-9,14H2,1-4H3. The minimum atomic E-state index is 0.253. The van der Waals surface area contributed by atoms with Gasteiger partial charge in [0.2, 0.25) is 0 Å². The molecule has 0 aliphatic rings. The lowest BCUT2D eigenvalue weighted by Crippen LogP contribution is -2.33. The summed E-state index contributed by atoms with van der Waals surface area (Å²) in [4.78, 5) is 0. The van der Waals surface area contributed by atoms with Crippen LogP contribution in [0.25, 0.3) is 0 Å². The van der Waals surface area contributed by atoms with Crippen molar-refractivity contribution < 1.29 is 4.74 Å². The summed E-state index contributed by atoms with van der Waals surface area (Å²) in [6.07, 6.45) is 6.00. The smallest absolute Gasteiger partial charge is 0.0765 e. The van der Waals surface area contributed by atoms with E-state index >= 15 is 0 Å². The van der Waals surface area contributed by atoms with Gasteiger partial charge in [0.05, 0.1) is 12.1 Å². The Balaban J connectivity index is 2.84. The Bertz CT molecular complexity index is 347. The summed E-state index contributed by atoms with van der Waals surface area (Å²) in [6.45, 7) is 7.68. The van der Waals surface area contributed by atoms with Crippen LogP contribution in [-0.4, -0.2) is 19.8 Å². The Morgan fingerprint density at radius 1 is 1.00 bits per heavy atom. The van der Waals surface area contributed by atoms with Gasteiger partial charge in [0, 0.05) is 7.11 Å². The lowest BCUT2D eigenvalue weighted by Gasteiger charge is -2.27. The van der Waals surface area contributed by atoms with Crippen LogP contribution in [0.2, 0.25) is 0 Å². The minimum absolute atomic E-state index is 0.253. The molecule has 114 valence electrons. The fraction of sp³-hybridized carbons (Fsp3) is 0.667. The molecule has 1 rings (SSSR count). The average molecular weight is 277 g/mol. The summed E-state index contributed by atoms with van der Waals surface area (Å²) < 4.78 is 5.72. The zero-order valence-electron chi connectivity index (χ0n) is 13.6. The Labute approximate surface area is 124 Å². The molecule has 0 fully saturated rings. The number of nitrogens with one attached hydrogen (secondary N) is 1. The van der Waals surface area contributed by atoms with Crippen molar-refractivity contribution in [3.63, 3.8) is 0 Å². The maximum absolute atomic E-state index is 5.72. The Kier molecular flexibility index (Phi) is 8.56. The van der Waals surface area contributed by atoms with Crippen molar-refractivity contribution in [2.45, 2.75) is 65.0 Å². The molecule has 2 heteroatoms. The van der Waals surface area contributed by atoms with Gasteiger partial charge in [-0.15, -0.1) is 0 Å². The Morgan fingerprint density at radius 3 is 2.20 bits per heavy atom. The first-order valence-electron chi connectivity index (χ1n) is 8.11. The highest BCUT2D eigenvalue weighted by Gasteiger charge is 2.21. The van der Waals surface area contributed by atoms with Crippen molar-refractivity contribution in [1.82, 2.24) is 5.32 Å². The van der Waals surface area contributed by atoms with E-state index in [4.69, 9.17) is 4.74 Å². The van der Waals surface area contributed by atoms with E-state index < -0.39 is 0 Å². The van der Waals surface area contributed by atoms with Crippen LogP contribution in [0, 0.1) is 0 Å². The number of ether oxygens (including phenoxy) is 1. The van der Waals surface area contributed by atoms with Gasteiger partial charge in [0.15, 0.2) is 0 Å². The van der Waals surface area contributed by atoms with Crippen molar-refractivity contribution in [2.24, 2.45) is 0 Å². The lowest BCUT2D eigenvalue weighted by atomic mass is 9.96. The molecule has 0 aliphatic carbocycles. The number of rotatable bonds is 10. The number of hydrogen-bond donors (Lipinski definition) is 1. The van der Waals surface area contributed by atoms with E-state index in [0.29, 0.717) is 6.04 Å². The van der Waals surface area contributed by atoms with Crippen molar-refractivity contribution in [1.29, 1.82) is 0 Å². The zero-order chi connectivity index (χ0) is 14.8. The first-order valence-corrected chi connectivity index (χ1v) is 8.11. The fourth-order valence-electron chi connectivity index (χ4n) is 2.65. The van der Waals surface area contributed by atoms with Crippen LogP contribution in [0.3, 0.4) is 0 Å². The van der Waals surface area contributed by atoms with E-state index in [-0.39, 0.29) is 6.10 Å². The maximum Gasteiger partial charge on any atom is 0.0765 e. The van der Waals surface area contributed by atoms with Crippen LogP contribution in [0.15, 0.2) is 24.3 Å². The second-order valence-electron chi connectivity index (χ2n) is 5.49. The molecule has 1 aromatic carbocycles. The van der Waals surface area contributed by atoms with Gasteiger partial charge in [-0.3, -0.25) is 0 Å². The normalized spacial score (nSPS) is 14.2. The van der Waals surface area contributed by atoms with Gasteiger partial charge < -0.3 is 10.1 Å². The van der Waals surface area contributed by atoms with Crippen molar-refractivity contribution in [3.8, 4) is 0 Å². The van der Waals surface area contributed by atoms with Crippen LogP contribution < -0.4 is 5.32 Å². The number of benzene rings is 1. The highest BCUT2D eigenvalue weighted by molar-refractivity contribution is 5.26. The molecule has 0 bridgehead atoms. The predicted octanol–water partition coefficient (Wildman–Crippen LogP) is 4.49. The summed E-state index contributed by atoms with van der Waals surface area (Å²) in [7, 11) is 1.83. The van der Waals surface area contributed by atoms with Gasteiger partial charge in [0.25, 0.3) is 0 Å². The summed E-state index contributed by atoms with van der Waals surface area (Å²) in [5, 5.41) is 3.65.